The lowest BCUT2D eigenvalue weighted by atomic mass is 9.82. The normalized spacial score (nSPS) is 21.6. The Balaban J connectivity index is 2.22. The van der Waals surface area contributed by atoms with Crippen molar-refractivity contribution in [2.75, 3.05) is 12.4 Å². The SMILES string of the molecule is C=C(Nc1ccc(C)cc1CC1CCCCC1OC)/C(C)=C(C)/C=C\C. The molecule has 0 aliphatic heterocycles. The number of methoxy groups -OCH3 is 1. The standard InChI is InChI=1S/C24H35NO/c1-7-10-18(3)19(4)20(5)25-23-14-13-17(2)15-22(23)16-21-11-8-9-12-24(21)26-6/h7,10,13-15,21,24-25H,5,8-9,11-12,16H2,1-4,6H3/b10-7-,19-18+. The van der Waals surface area contributed by atoms with Gasteiger partial charge in [-0.15, -0.1) is 0 Å². The summed E-state index contributed by atoms with van der Waals surface area (Å²) >= 11 is 0. The van der Waals surface area contributed by atoms with Crippen LogP contribution in [0.5, 0.6) is 0 Å². The molecule has 2 rings (SSSR count). The van der Waals surface area contributed by atoms with Gasteiger partial charge in [-0.25, -0.2) is 0 Å². The second-order valence-electron chi connectivity index (χ2n) is 7.59. The Morgan fingerprint density at radius 3 is 2.69 bits per heavy atom. The smallest absolute Gasteiger partial charge is 0.0602 e. The molecule has 0 aromatic heterocycles. The molecule has 1 saturated carbocycles. The molecule has 1 fully saturated rings. The Labute approximate surface area is 160 Å². The molecule has 1 aliphatic rings. The molecule has 0 spiro atoms. The molecule has 0 saturated heterocycles. The van der Waals surface area contributed by atoms with Gasteiger partial charge in [0.2, 0.25) is 0 Å². The van der Waals surface area contributed by atoms with Crippen LogP contribution >= 0.6 is 0 Å². The molecule has 1 aromatic rings. The van der Waals surface area contributed by atoms with Crippen LogP contribution in [0.15, 0.2) is 53.8 Å². The maximum atomic E-state index is 5.77. The maximum Gasteiger partial charge on any atom is 0.0602 e. The molecular formula is C24H35NO. The first-order valence-corrected chi connectivity index (χ1v) is 9.85. The van der Waals surface area contributed by atoms with Crippen LogP contribution in [0, 0.1) is 12.8 Å². The van der Waals surface area contributed by atoms with Crippen molar-refractivity contribution >= 4 is 5.69 Å². The summed E-state index contributed by atoms with van der Waals surface area (Å²) < 4.78 is 5.77. The minimum atomic E-state index is 0.388. The van der Waals surface area contributed by atoms with E-state index in [1.807, 2.05) is 14.0 Å². The predicted molar refractivity (Wildman–Crippen MR) is 114 cm³/mol. The lowest BCUT2D eigenvalue weighted by Gasteiger charge is -2.31. The van der Waals surface area contributed by atoms with Crippen LogP contribution in [0.4, 0.5) is 5.69 Å². The quantitative estimate of drug-likeness (QED) is 0.559. The molecule has 1 aromatic carbocycles. The second-order valence-corrected chi connectivity index (χ2v) is 7.59. The van der Waals surface area contributed by atoms with E-state index in [1.165, 1.54) is 53.6 Å². The lowest BCUT2D eigenvalue weighted by molar-refractivity contribution is 0.0239. The molecular weight excluding hydrogens is 318 g/mol. The summed E-state index contributed by atoms with van der Waals surface area (Å²) in [6.45, 7) is 12.7. The average Bonchev–Trinajstić information content (AvgIpc) is 2.63. The summed E-state index contributed by atoms with van der Waals surface area (Å²) in [6.07, 6.45) is 10.7. The molecule has 0 amide bonds. The zero-order valence-electron chi connectivity index (χ0n) is 17.2. The monoisotopic (exact) mass is 353 g/mol. The van der Waals surface area contributed by atoms with Crippen molar-refractivity contribution in [3.8, 4) is 0 Å². The minimum absolute atomic E-state index is 0.388. The van der Waals surface area contributed by atoms with Crippen molar-refractivity contribution in [3.63, 3.8) is 0 Å². The molecule has 26 heavy (non-hydrogen) atoms. The van der Waals surface area contributed by atoms with E-state index in [1.54, 1.807) is 0 Å². The number of ether oxygens (including phenoxy) is 1. The van der Waals surface area contributed by atoms with E-state index in [-0.39, 0.29) is 0 Å². The van der Waals surface area contributed by atoms with Crippen molar-refractivity contribution in [3.05, 3.63) is 64.9 Å². The topological polar surface area (TPSA) is 21.3 Å². The van der Waals surface area contributed by atoms with Gasteiger partial charge in [0, 0.05) is 18.5 Å². The van der Waals surface area contributed by atoms with E-state index in [0.29, 0.717) is 12.0 Å². The Hall–Kier alpha value is -1.80. The molecule has 0 heterocycles. The third-order valence-electron chi connectivity index (χ3n) is 5.63. The molecule has 2 atom stereocenters. The lowest BCUT2D eigenvalue weighted by Crippen LogP contribution is -2.28. The summed E-state index contributed by atoms with van der Waals surface area (Å²) in [4.78, 5) is 0. The van der Waals surface area contributed by atoms with E-state index >= 15 is 0 Å². The van der Waals surface area contributed by atoms with Gasteiger partial charge in [0.25, 0.3) is 0 Å². The number of hydrogen-bond donors (Lipinski definition) is 1. The molecule has 2 heteroatoms. The predicted octanol–water partition coefficient (Wildman–Crippen LogP) is 6.58. The Morgan fingerprint density at radius 2 is 2.00 bits per heavy atom. The third-order valence-corrected chi connectivity index (χ3v) is 5.63. The van der Waals surface area contributed by atoms with E-state index in [2.05, 4.69) is 63.0 Å². The zero-order valence-corrected chi connectivity index (χ0v) is 17.2. The van der Waals surface area contributed by atoms with Gasteiger partial charge in [0.15, 0.2) is 0 Å². The molecule has 142 valence electrons. The highest BCUT2D eigenvalue weighted by atomic mass is 16.5. The number of nitrogens with one attached hydrogen (secondary N) is 1. The third kappa shape index (κ3) is 5.35. The van der Waals surface area contributed by atoms with E-state index < -0.39 is 0 Å². The van der Waals surface area contributed by atoms with Crippen LogP contribution in [-0.4, -0.2) is 13.2 Å². The van der Waals surface area contributed by atoms with Crippen LogP contribution in [-0.2, 0) is 11.2 Å². The highest BCUT2D eigenvalue weighted by molar-refractivity contribution is 5.59. The maximum absolute atomic E-state index is 5.77. The van der Waals surface area contributed by atoms with Gasteiger partial charge in [-0.3, -0.25) is 0 Å². The van der Waals surface area contributed by atoms with E-state index in [4.69, 9.17) is 4.74 Å². The second kappa shape index (κ2) is 9.78. The Kier molecular flexibility index (Phi) is 7.71. The number of benzene rings is 1. The van der Waals surface area contributed by atoms with Crippen molar-refractivity contribution in [1.82, 2.24) is 0 Å². The first kappa shape index (κ1) is 20.5. The van der Waals surface area contributed by atoms with Crippen LogP contribution in [0.1, 0.15) is 57.6 Å². The summed E-state index contributed by atoms with van der Waals surface area (Å²) in [5, 5.41) is 3.57. The largest absolute Gasteiger partial charge is 0.381 e. The summed E-state index contributed by atoms with van der Waals surface area (Å²) in [6, 6.07) is 6.68. The average molecular weight is 354 g/mol. The van der Waals surface area contributed by atoms with Gasteiger partial charge < -0.3 is 10.1 Å². The van der Waals surface area contributed by atoms with E-state index in [9.17, 15) is 0 Å². The highest BCUT2D eigenvalue weighted by Gasteiger charge is 2.25. The van der Waals surface area contributed by atoms with Crippen molar-refractivity contribution in [2.24, 2.45) is 5.92 Å². The van der Waals surface area contributed by atoms with Gasteiger partial charge in [0.05, 0.1) is 6.10 Å². The number of hydrogen-bond acceptors (Lipinski definition) is 2. The fourth-order valence-electron chi connectivity index (χ4n) is 3.88. The first-order chi connectivity index (χ1) is 12.5. The highest BCUT2D eigenvalue weighted by Crippen LogP contribution is 2.32. The van der Waals surface area contributed by atoms with Crippen LogP contribution in [0.2, 0.25) is 0 Å². The van der Waals surface area contributed by atoms with Crippen LogP contribution in [0.25, 0.3) is 0 Å². The number of anilines is 1. The molecule has 0 radical (unpaired) electrons. The van der Waals surface area contributed by atoms with Crippen molar-refractivity contribution in [1.29, 1.82) is 0 Å². The molecule has 1 aliphatic carbocycles. The number of aryl methyl sites for hydroxylation is 1. The van der Waals surface area contributed by atoms with Crippen molar-refractivity contribution in [2.45, 2.75) is 65.9 Å². The molecule has 2 nitrogen and oxygen atoms in total. The molecule has 0 bridgehead atoms. The van der Waals surface area contributed by atoms with Gasteiger partial charge in [0.1, 0.15) is 0 Å². The zero-order chi connectivity index (χ0) is 19.1. The fraction of sp³-hybridized carbons (Fsp3) is 0.500. The summed E-state index contributed by atoms with van der Waals surface area (Å²) in [7, 11) is 1.86. The number of allylic oxidation sites excluding steroid dienone is 4. The van der Waals surface area contributed by atoms with Gasteiger partial charge >= 0.3 is 0 Å². The van der Waals surface area contributed by atoms with Crippen LogP contribution < -0.4 is 5.32 Å². The van der Waals surface area contributed by atoms with Crippen LogP contribution in [0.3, 0.4) is 0 Å². The Morgan fingerprint density at radius 1 is 1.27 bits per heavy atom. The van der Waals surface area contributed by atoms with E-state index in [0.717, 1.165) is 12.1 Å². The Bertz CT molecular complexity index is 683. The molecule has 1 N–H and O–H groups in total. The molecule has 2 unspecified atom stereocenters. The van der Waals surface area contributed by atoms with Crippen molar-refractivity contribution < 1.29 is 4.74 Å². The van der Waals surface area contributed by atoms with Gasteiger partial charge in [-0.1, -0.05) is 49.3 Å². The fourth-order valence-corrected chi connectivity index (χ4v) is 3.88. The van der Waals surface area contributed by atoms with Gasteiger partial charge in [-0.05, 0) is 75.7 Å². The summed E-state index contributed by atoms with van der Waals surface area (Å²) in [5.74, 6) is 0.603. The minimum Gasteiger partial charge on any atom is -0.381 e. The van der Waals surface area contributed by atoms with Gasteiger partial charge in [-0.2, -0.15) is 0 Å². The summed E-state index contributed by atoms with van der Waals surface area (Å²) in [5.41, 5.74) is 7.26. The number of rotatable bonds is 7. The first-order valence-electron chi connectivity index (χ1n) is 9.85.